The molecule has 1 saturated heterocycles. The summed E-state index contributed by atoms with van der Waals surface area (Å²) in [6.45, 7) is 8.38. The molecular weight excluding hydrogens is 345 g/mol. The molecule has 1 aromatic heterocycles. The quantitative estimate of drug-likeness (QED) is 0.599. The van der Waals surface area contributed by atoms with E-state index in [1.165, 1.54) is 27.8 Å². The topological polar surface area (TPSA) is 23.4 Å². The van der Waals surface area contributed by atoms with E-state index >= 15 is 0 Å². The van der Waals surface area contributed by atoms with Crippen LogP contribution in [0.25, 0.3) is 22.7 Å². The Labute approximate surface area is 167 Å². The molecule has 4 heteroatoms. The third-order valence-corrected chi connectivity index (χ3v) is 6.50. The summed E-state index contributed by atoms with van der Waals surface area (Å²) in [6, 6.07) is 17.3. The summed E-state index contributed by atoms with van der Waals surface area (Å²) in [5.74, 6) is 0. The summed E-state index contributed by atoms with van der Waals surface area (Å²) >= 11 is 0. The van der Waals surface area contributed by atoms with Gasteiger partial charge in [-0.05, 0) is 64.2 Å². The maximum Gasteiger partial charge on any atom is 0.494 e. The fourth-order valence-corrected chi connectivity index (χ4v) is 4.26. The lowest BCUT2D eigenvalue weighted by Gasteiger charge is -2.32. The first-order valence-corrected chi connectivity index (χ1v) is 10.1. The lowest BCUT2D eigenvalue weighted by molar-refractivity contribution is 0.00578. The number of allylic oxidation sites excluding steroid dienone is 1. The average Bonchev–Trinajstić information content (AvgIpc) is 3.12. The highest BCUT2D eigenvalue weighted by atomic mass is 16.7. The molecule has 142 valence electrons. The zero-order valence-corrected chi connectivity index (χ0v) is 17.0. The highest BCUT2D eigenvalue weighted by Gasteiger charge is 2.51. The summed E-state index contributed by atoms with van der Waals surface area (Å²) in [7, 11) is -0.345. The summed E-state index contributed by atoms with van der Waals surface area (Å²) in [5.41, 5.74) is 5.55. The molecule has 0 bridgehead atoms. The number of hydrogen-bond donors (Lipinski definition) is 0. The molecule has 0 saturated carbocycles. The molecule has 1 fully saturated rings. The van der Waals surface area contributed by atoms with E-state index in [9.17, 15) is 0 Å². The van der Waals surface area contributed by atoms with Crippen molar-refractivity contribution in [1.82, 2.24) is 4.57 Å². The zero-order chi connectivity index (χ0) is 19.5. The number of aromatic nitrogens is 1. The van der Waals surface area contributed by atoms with Crippen LogP contribution >= 0.6 is 0 Å². The van der Waals surface area contributed by atoms with E-state index in [2.05, 4.69) is 92.9 Å². The monoisotopic (exact) mass is 371 g/mol. The first-order valence-electron chi connectivity index (χ1n) is 10.1. The van der Waals surface area contributed by atoms with Crippen LogP contribution in [0.15, 0.2) is 54.6 Å². The molecule has 1 aliphatic heterocycles. The van der Waals surface area contributed by atoms with Gasteiger partial charge >= 0.3 is 7.12 Å². The molecule has 2 aliphatic rings. The van der Waals surface area contributed by atoms with Gasteiger partial charge in [-0.25, -0.2) is 0 Å². The molecule has 28 heavy (non-hydrogen) atoms. The minimum Gasteiger partial charge on any atom is -0.399 e. The summed E-state index contributed by atoms with van der Waals surface area (Å²) in [4.78, 5) is 0. The number of rotatable bonds is 2. The lowest BCUT2D eigenvalue weighted by atomic mass is 9.79. The first-order chi connectivity index (χ1) is 13.4. The molecule has 2 aromatic carbocycles. The van der Waals surface area contributed by atoms with Gasteiger partial charge in [-0.1, -0.05) is 42.5 Å². The standard InChI is InChI=1S/C24H26BNO2/c1-23(2)24(3,4)28-25(27-23)17-10-9-11-18(16-17)26-21-14-7-5-12-19(21)20-13-6-8-15-22(20)26/h5-7,9-14,16H,8,15H2,1-4H3. The van der Waals surface area contributed by atoms with Crippen LogP contribution in [0.3, 0.4) is 0 Å². The van der Waals surface area contributed by atoms with E-state index in [0.717, 1.165) is 18.3 Å². The van der Waals surface area contributed by atoms with Gasteiger partial charge in [0, 0.05) is 22.3 Å². The maximum atomic E-state index is 6.28. The number of para-hydroxylation sites is 1. The van der Waals surface area contributed by atoms with Crippen molar-refractivity contribution in [2.75, 3.05) is 0 Å². The van der Waals surface area contributed by atoms with Crippen molar-refractivity contribution in [3.63, 3.8) is 0 Å². The van der Waals surface area contributed by atoms with Crippen molar-refractivity contribution < 1.29 is 9.31 Å². The van der Waals surface area contributed by atoms with Crippen molar-refractivity contribution in [2.24, 2.45) is 0 Å². The van der Waals surface area contributed by atoms with Crippen LogP contribution < -0.4 is 5.46 Å². The van der Waals surface area contributed by atoms with Crippen molar-refractivity contribution in [2.45, 2.75) is 51.7 Å². The Kier molecular flexibility index (Phi) is 3.87. The van der Waals surface area contributed by atoms with E-state index in [1.54, 1.807) is 0 Å². The number of benzene rings is 2. The van der Waals surface area contributed by atoms with Crippen LogP contribution in [0.1, 0.15) is 45.4 Å². The minimum atomic E-state index is -0.345. The Hall–Kier alpha value is -2.30. The van der Waals surface area contributed by atoms with Crippen LogP contribution in [0.4, 0.5) is 0 Å². The van der Waals surface area contributed by atoms with Gasteiger partial charge in [-0.15, -0.1) is 0 Å². The number of fused-ring (bicyclic) bond motifs is 3. The molecule has 3 aromatic rings. The van der Waals surface area contributed by atoms with Crippen LogP contribution in [0.2, 0.25) is 0 Å². The Morgan fingerprint density at radius 3 is 2.46 bits per heavy atom. The normalized spacial score (nSPS) is 19.9. The highest BCUT2D eigenvalue weighted by molar-refractivity contribution is 6.62. The van der Waals surface area contributed by atoms with Crippen molar-refractivity contribution in [3.05, 3.63) is 65.9 Å². The van der Waals surface area contributed by atoms with E-state index in [-0.39, 0.29) is 18.3 Å². The van der Waals surface area contributed by atoms with Crippen molar-refractivity contribution in [3.8, 4) is 5.69 Å². The maximum absolute atomic E-state index is 6.28. The third-order valence-electron chi connectivity index (χ3n) is 6.50. The molecule has 0 N–H and O–H groups in total. The largest absolute Gasteiger partial charge is 0.494 e. The van der Waals surface area contributed by atoms with Gasteiger partial charge in [-0.3, -0.25) is 0 Å². The Morgan fingerprint density at radius 2 is 1.68 bits per heavy atom. The molecule has 0 amide bonds. The molecule has 0 radical (unpaired) electrons. The van der Waals surface area contributed by atoms with Crippen molar-refractivity contribution >= 4 is 29.6 Å². The molecule has 0 unspecified atom stereocenters. The molecule has 5 rings (SSSR count). The summed E-state index contributed by atoms with van der Waals surface area (Å²) in [5, 5.41) is 1.31. The molecule has 0 spiro atoms. The molecule has 3 nitrogen and oxygen atoms in total. The summed E-state index contributed by atoms with van der Waals surface area (Å²) < 4.78 is 15.0. The van der Waals surface area contributed by atoms with E-state index in [1.807, 2.05) is 0 Å². The predicted molar refractivity (Wildman–Crippen MR) is 116 cm³/mol. The van der Waals surface area contributed by atoms with Crippen LogP contribution in [-0.2, 0) is 15.7 Å². The zero-order valence-electron chi connectivity index (χ0n) is 17.0. The number of nitrogens with zero attached hydrogens (tertiary/aromatic N) is 1. The van der Waals surface area contributed by atoms with Gasteiger partial charge in [0.05, 0.1) is 16.7 Å². The second-order valence-electron chi connectivity index (χ2n) is 8.84. The smallest absolute Gasteiger partial charge is 0.399 e. The summed E-state index contributed by atoms with van der Waals surface area (Å²) in [6.07, 6.45) is 6.69. The Bertz CT molecular complexity index is 1080. The SMILES string of the molecule is CC1(C)OB(c2cccc(-n3c4c(c5ccccc53)C=CCC4)c2)OC1(C)C. The Morgan fingerprint density at radius 1 is 0.929 bits per heavy atom. The fraction of sp³-hybridized carbons (Fsp3) is 0.333. The van der Waals surface area contributed by atoms with Gasteiger partial charge in [0.2, 0.25) is 0 Å². The molecule has 0 atom stereocenters. The van der Waals surface area contributed by atoms with E-state index < -0.39 is 0 Å². The van der Waals surface area contributed by atoms with Gasteiger partial charge in [0.15, 0.2) is 0 Å². The Balaban J connectivity index is 1.63. The van der Waals surface area contributed by atoms with Crippen LogP contribution in [-0.4, -0.2) is 22.9 Å². The lowest BCUT2D eigenvalue weighted by Crippen LogP contribution is -2.41. The van der Waals surface area contributed by atoms with Crippen molar-refractivity contribution in [1.29, 1.82) is 0 Å². The highest BCUT2D eigenvalue weighted by Crippen LogP contribution is 2.37. The van der Waals surface area contributed by atoms with Gasteiger partial charge in [0.25, 0.3) is 0 Å². The second kappa shape index (κ2) is 6.10. The molecular formula is C24H26BNO2. The van der Waals surface area contributed by atoms with Gasteiger partial charge in [-0.2, -0.15) is 0 Å². The number of hydrogen-bond acceptors (Lipinski definition) is 2. The predicted octanol–water partition coefficient (Wildman–Crippen LogP) is 4.89. The third kappa shape index (κ3) is 2.59. The second-order valence-corrected chi connectivity index (χ2v) is 8.84. The fourth-order valence-electron chi connectivity index (χ4n) is 4.26. The van der Waals surface area contributed by atoms with Crippen LogP contribution in [0, 0.1) is 0 Å². The molecule has 1 aliphatic carbocycles. The first kappa shape index (κ1) is 17.8. The van der Waals surface area contributed by atoms with E-state index in [4.69, 9.17) is 9.31 Å². The van der Waals surface area contributed by atoms with Gasteiger partial charge in [0.1, 0.15) is 0 Å². The van der Waals surface area contributed by atoms with Crippen LogP contribution in [0.5, 0.6) is 0 Å². The molecule has 2 heterocycles. The average molecular weight is 371 g/mol. The van der Waals surface area contributed by atoms with Gasteiger partial charge < -0.3 is 13.9 Å². The minimum absolute atomic E-state index is 0.336. The van der Waals surface area contributed by atoms with E-state index in [0.29, 0.717) is 0 Å².